The number of nitrogens with zero attached hydrogens (tertiary/aromatic N) is 1. The van der Waals surface area contributed by atoms with Gasteiger partial charge in [-0.15, -0.1) is 0 Å². The summed E-state index contributed by atoms with van der Waals surface area (Å²) in [7, 11) is 0. The molecular formula is C15H15ClN2O2. The molecule has 1 unspecified atom stereocenters. The Labute approximate surface area is 122 Å². The Kier molecular flexibility index (Phi) is 4.58. The number of hydrogen-bond acceptors (Lipinski definition) is 2. The van der Waals surface area contributed by atoms with Crippen LogP contribution < -0.4 is 10.0 Å². The highest BCUT2D eigenvalue weighted by atomic mass is 35.5. The molecule has 0 spiro atoms. The summed E-state index contributed by atoms with van der Waals surface area (Å²) in [5, 5.41) is 15.0. The molecule has 1 aromatic carbocycles. The molecule has 1 N–H and O–H groups in total. The van der Waals surface area contributed by atoms with Crippen LogP contribution in [0.15, 0.2) is 48.7 Å². The second-order valence-corrected chi connectivity index (χ2v) is 4.84. The molecule has 0 aliphatic heterocycles. The van der Waals surface area contributed by atoms with Gasteiger partial charge in [0.15, 0.2) is 6.20 Å². The molecule has 1 heterocycles. The van der Waals surface area contributed by atoms with Gasteiger partial charge in [0, 0.05) is 17.2 Å². The van der Waals surface area contributed by atoms with Crippen molar-refractivity contribution in [1.29, 1.82) is 0 Å². The molecule has 20 heavy (non-hydrogen) atoms. The fourth-order valence-electron chi connectivity index (χ4n) is 1.98. The van der Waals surface area contributed by atoms with Crippen LogP contribution in [-0.2, 0) is 0 Å². The fraction of sp³-hybridized carbons (Fsp3) is 0.200. The molecule has 0 fully saturated rings. The highest BCUT2D eigenvalue weighted by Crippen LogP contribution is 2.20. The van der Waals surface area contributed by atoms with E-state index >= 15 is 0 Å². The molecule has 1 aromatic heterocycles. The van der Waals surface area contributed by atoms with Crippen LogP contribution in [0, 0.1) is 5.21 Å². The minimum Gasteiger partial charge on any atom is -0.618 e. The van der Waals surface area contributed by atoms with E-state index in [9.17, 15) is 10.0 Å². The van der Waals surface area contributed by atoms with E-state index in [1.165, 1.54) is 12.3 Å². The van der Waals surface area contributed by atoms with Crippen molar-refractivity contribution in [2.75, 3.05) is 0 Å². The second kappa shape index (κ2) is 6.39. The summed E-state index contributed by atoms with van der Waals surface area (Å²) in [4.78, 5) is 12.1. The maximum Gasteiger partial charge on any atom is 0.317 e. The zero-order valence-corrected chi connectivity index (χ0v) is 11.8. The number of hydrogen-bond donors (Lipinski definition) is 1. The van der Waals surface area contributed by atoms with Gasteiger partial charge >= 0.3 is 5.91 Å². The maximum absolute atomic E-state index is 12.1. The van der Waals surface area contributed by atoms with E-state index in [4.69, 9.17) is 11.6 Å². The summed E-state index contributed by atoms with van der Waals surface area (Å²) in [6.45, 7) is 1.96. The third kappa shape index (κ3) is 3.27. The molecule has 2 rings (SSSR count). The lowest BCUT2D eigenvalue weighted by atomic mass is 10.0. The summed E-state index contributed by atoms with van der Waals surface area (Å²) >= 11 is 5.96. The van der Waals surface area contributed by atoms with E-state index < -0.39 is 5.91 Å². The largest absolute Gasteiger partial charge is 0.618 e. The third-order valence-electron chi connectivity index (χ3n) is 3.02. The van der Waals surface area contributed by atoms with Gasteiger partial charge in [0.2, 0.25) is 0 Å². The average molecular weight is 291 g/mol. The standard InChI is InChI=1S/C15H15ClN2O2/c1-2-13(11-6-5-7-12(16)10-11)17-15(19)14-8-3-4-9-18(14)20/h3-10,13H,2H2,1H3,(H,17,19). The van der Waals surface area contributed by atoms with Gasteiger partial charge in [-0.05, 0) is 30.2 Å². The number of aromatic nitrogens is 1. The van der Waals surface area contributed by atoms with E-state index in [1.807, 2.05) is 25.1 Å². The third-order valence-corrected chi connectivity index (χ3v) is 3.26. The number of rotatable bonds is 4. The first-order chi connectivity index (χ1) is 9.61. The zero-order valence-electron chi connectivity index (χ0n) is 11.0. The molecule has 2 aromatic rings. The van der Waals surface area contributed by atoms with Crippen molar-refractivity contribution < 1.29 is 9.52 Å². The van der Waals surface area contributed by atoms with E-state index in [0.717, 1.165) is 5.56 Å². The molecule has 1 atom stereocenters. The number of nitrogens with one attached hydrogen (secondary N) is 1. The van der Waals surface area contributed by atoms with Crippen LogP contribution in [0.3, 0.4) is 0 Å². The molecule has 0 radical (unpaired) electrons. The zero-order chi connectivity index (χ0) is 14.5. The van der Waals surface area contributed by atoms with Crippen LogP contribution in [0.2, 0.25) is 5.02 Å². The van der Waals surface area contributed by atoms with Crippen LogP contribution in [-0.4, -0.2) is 5.91 Å². The Morgan fingerprint density at radius 1 is 1.35 bits per heavy atom. The minimum absolute atomic E-state index is 0.0768. The van der Waals surface area contributed by atoms with Crippen molar-refractivity contribution in [2.24, 2.45) is 0 Å². The molecule has 0 bridgehead atoms. The molecule has 5 heteroatoms. The number of amides is 1. The molecule has 0 aliphatic rings. The molecular weight excluding hydrogens is 276 g/mol. The van der Waals surface area contributed by atoms with Gasteiger partial charge in [-0.1, -0.05) is 30.7 Å². The van der Waals surface area contributed by atoms with Crippen LogP contribution >= 0.6 is 11.6 Å². The SMILES string of the molecule is CCC(NC(=O)c1cccc[n+]1[O-])c1cccc(Cl)c1. The first-order valence-corrected chi connectivity index (χ1v) is 6.74. The predicted molar refractivity (Wildman–Crippen MR) is 77.4 cm³/mol. The van der Waals surface area contributed by atoms with Gasteiger partial charge in [0.1, 0.15) is 0 Å². The molecule has 1 amide bonds. The molecule has 4 nitrogen and oxygen atoms in total. The molecule has 104 valence electrons. The lowest BCUT2D eigenvalue weighted by Gasteiger charge is -2.17. The van der Waals surface area contributed by atoms with Crippen molar-refractivity contribution in [1.82, 2.24) is 5.32 Å². The molecule has 0 saturated heterocycles. The Morgan fingerprint density at radius 2 is 2.15 bits per heavy atom. The number of halogens is 1. The first kappa shape index (κ1) is 14.3. The van der Waals surface area contributed by atoms with Crippen molar-refractivity contribution in [3.8, 4) is 0 Å². The molecule has 0 aliphatic carbocycles. The van der Waals surface area contributed by atoms with Crippen molar-refractivity contribution in [2.45, 2.75) is 19.4 Å². The van der Waals surface area contributed by atoms with E-state index in [-0.39, 0.29) is 11.7 Å². The summed E-state index contributed by atoms with van der Waals surface area (Å²) < 4.78 is 0.556. The predicted octanol–water partition coefficient (Wildman–Crippen LogP) is 2.85. The van der Waals surface area contributed by atoms with Crippen LogP contribution in [0.25, 0.3) is 0 Å². The Bertz CT molecular complexity index is 616. The van der Waals surface area contributed by atoms with E-state index in [0.29, 0.717) is 16.2 Å². The lowest BCUT2D eigenvalue weighted by Crippen LogP contribution is -2.40. The number of benzene rings is 1. The second-order valence-electron chi connectivity index (χ2n) is 4.40. The van der Waals surface area contributed by atoms with Gasteiger partial charge in [-0.3, -0.25) is 4.79 Å². The monoisotopic (exact) mass is 290 g/mol. The first-order valence-electron chi connectivity index (χ1n) is 6.36. The summed E-state index contributed by atoms with van der Waals surface area (Å²) in [6, 6.07) is 11.9. The summed E-state index contributed by atoms with van der Waals surface area (Å²) in [5.41, 5.74) is 0.995. The lowest BCUT2D eigenvalue weighted by molar-refractivity contribution is -0.607. The summed E-state index contributed by atoms with van der Waals surface area (Å²) in [6.07, 6.45) is 2.01. The van der Waals surface area contributed by atoms with Crippen LogP contribution in [0.1, 0.15) is 35.4 Å². The van der Waals surface area contributed by atoms with Crippen LogP contribution in [0.5, 0.6) is 0 Å². The van der Waals surface area contributed by atoms with E-state index in [2.05, 4.69) is 5.32 Å². The highest BCUT2D eigenvalue weighted by molar-refractivity contribution is 6.30. The Morgan fingerprint density at radius 3 is 2.80 bits per heavy atom. The van der Waals surface area contributed by atoms with Crippen molar-refractivity contribution in [3.05, 3.63) is 70.1 Å². The topological polar surface area (TPSA) is 56.0 Å². The maximum atomic E-state index is 12.1. The quantitative estimate of drug-likeness (QED) is 0.695. The van der Waals surface area contributed by atoms with Gasteiger partial charge < -0.3 is 10.5 Å². The fourth-order valence-corrected chi connectivity index (χ4v) is 2.18. The Balaban J connectivity index is 2.19. The Hall–Kier alpha value is -2.07. The van der Waals surface area contributed by atoms with Crippen molar-refractivity contribution >= 4 is 17.5 Å². The van der Waals surface area contributed by atoms with Gasteiger partial charge in [-0.25, -0.2) is 0 Å². The number of pyridine rings is 1. The van der Waals surface area contributed by atoms with E-state index in [1.54, 1.807) is 18.2 Å². The number of carbonyl (C=O) groups excluding carboxylic acids is 1. The molecule has 0 saturated carbocycles. The number of carbonyl (C=O) groups is 1. The normalized spacial score (nSPS) is 11.9. The average Bonchev–Trinajstić information content (AvgIpc) is 2.45. The van der Waals surface area contributed by atoms with Gasteiger partial charge in [-0.2, -0.15) is 4.73 Å². The highest BCUT2D eigenvalue weighted by Gasteiger charge is 2.19. The van der Waals surface area contributed by atoms with Crippen LogP contribution in [0.4, 0.5) is 0 Å². The van der Waals surface area contributed by atoms with Gasteiger partial charge in [0.05, 0.1) is 6.04 Å². The van der Waals surface area contributed by atoms with Crippen molar-refractivity contribution in [3.63, 3.8) is 0 Å². The smallest absolute Gasteiger partial charge is 0.317 e. The van der Waals surface area contributed by atoms with Gasteiger partial charge in [0.25, 0.3) is 5.69 Å². The minimum atomic E-state index is -0.396. The summed E-state index contributed by atoms with van der Waals surface area (Å²) in [5.74, 6) is -0.396.